The molecule has 2 aromatic carbocycles. The van der Waals surface area contributed by atoms with Crippen molar-refractivity contribution in [1.82, 2.24) is 15.5 Å². The highest BCUT2D eigenvalue weighted by Gasteiger charge is 2.27. The van der Waals surface area contributed by atoms with Crippen LogP contribution < -0.4 is 15.0 Å². The fourth-order valence-electron chi connectivity index (χ4n) is 3.49. The van der Waals surface area contributed by atoms with Crippen LogP contribution in [0.15, 0.2) is 52.9 Å². The van der Waals surface area contributed by atoms with Crippen LogP contribution >= 0.6 is 11.6 Å². The third-order valence-electron chi connectivity index (χ3n) is 5.30. The third kappa shape index (κ3) is 4.57. The molecule has 1 saturated heterocycles. The Kier molecular flexibility index (Phi) is 6.18. The number of piperidine rings is 1. The van der Waals surface area contributed by atoms with Gasteiger partial charge in [-0.3, -0.25) is 4.79 Å². The van der Waals surface area contributed by atoms with Gasteiger partial charge in [0.15, 0.2) is 0 Å². The number of methoxy groups -OCH3 is 1. The van der Waals surface area contributed by atoms with Crippen LogP contribution in [-0.4, -0.2) is 36.3 Å². The number of carbonyl (C=O) groups excluding carboxylic acids is 1. The molecule has 8 heteroatoms. The molecule has 1 aliphatic rings. The summed E-state index contributed by atoms with van der Waals surface area (Å²) in [7, 11) is 1.63. The second-order valence-corrected chi connectivity index (χ2v) is 7.60. The summed E-state index contributed by atoms with van der Waals surface area (Å²) in [5.41, 5.74) is 1.75. The SMILES string of the molecule is COc1ccc(-c2nnc(N3CCC(C(=O)NCc4ccccc4Cl)CC3)o2)cc1. The number of anilines is 1. The van der Waals surface area contributed by atoms with Crippen LogP contribution in [-0.2, 0) is 11.3 Å². The van der Waals surface area contributed by atoms with E-state index in [4.69, 9.17) is 20.8 Å². The maximum Gasteiger partial charge on any atom is 0.318 e. The fourth-order valence-corrected chi connectivity index (χ4v) is 3.70. The van der Waals surface area contributed by atoms with Crippen molar-refractivity contribution in [1.29, 1.82) is 0 Å². The molecule has 7 nitrogen and oxygen atoms in total. The molecular formula is C22H23ClN4O3. The highest BCUT2D eigenvalue weighted by Crippen LogP contribution is 2.27. The summed E-state index contributed by atoms with van der Waals surface area (Å²) in [6.45, 7) is 1.82. The Morgan fingerprint density at radius 3 is 2.60 bits per heavy atom. The summed E-state index contributed by atoms with van der Waals surface area (Å²) >= 11 is 6.15. The zero-order valence-electron chi connectivity index (χ0n) is 16.7. The molecule has 156 valence electrons. The topological polar surface area (TPSA) is 80.5 Å². The van der Waals surface area contributed by atoms with Crippen molar-refractivity contribution in [2.45, 2.75) is 19.4 Å². The number of aromatic nitrogens is 2. The van der Waals surface area contributed by atoms with E-state index in [2.05, 4.69) is 15.5 Å². The summed E-state index contributed by atoms with van der Waals surface area (Å²) in [4.78, 5) is 14.6. The molecule has 0 aliphatic carbocycles. The van der Waals surface area contributed by atoms with E-state index in [0.29, 0.717) is 36.6 Å². The minimum absolute atomic E-state index is 0.0345. The number of halogens is 1. The summed E-state index contributed by atoms with van der Waals surface area (Å²) < 4.78 is 11.0. The Balaban J connectivity index is 1.30. The zero-order chi connectivity index (χ0) is 20.9. The normalized spacial score (nSPS) is 14.5. The molecule has 2 heterocycles. The van der Waals surface area contributed by atoms with E-state index in [1.807, 2.05) is 53.4 Å². The Labute approximate surface area is 180 Å². The molecule has 0 saturated carbocycles. The van der Waals surface area contributed by atoms with Gasteiger partial charge in [-0.1, -0.05) is 34.9 Å². The van der Waals surface area contributed by atoms with Crippen molar-refractivity contribution in [2.24, 2.45) is 5.92 Å². The van der Waals surface area contributed by atoms with Gasteiger partial charge in [0.25, 0.3) is 0 Å². The van der Waals surface area contributed by atoms with Gasteiger partial charge in [-0.15, -0.1) is 5.10 Å². The van der Waals surface area contributed by atoms with Crippen molar-refractivity contribution < 1.29 is 13.9 Å². The summed E-state index contributed by atoms with van der Waals surface area (Å²) in [6, 6.07) is 15.5. The van der Waals surface area contributed by atoms with Crippen LogP contribution in [0.4, 0.5) is 6.01 Å². The number of rotatable bonds is 6. The first-order chi connectivity index (χ1) is 14.6. The molecule has 0 bridgehead atoms. The maximum absolute atomic E-state index is 12.5. The number of hydrogen-bond donors (Lipinski definition) is 1. The van der Waals surface area contributed by atoms with Crippen molar-refractivity contribution in [3.63, 3.8) is 0 Å². The van der Waals surface area contributed by atoms with Gasteiger partial charge < -0.3 is 19.4 Å². The second kappa shape index (κ2) is 9.17. The quantitative estimate of drug-likeness (QED) is 0.643. The smallest absolute Gasteiger partial charge is 0.318 e. The predicted octanol–water partition coefficient (Wildman–Crippen LogP) is 3.93. The van der Waals surface area contributed by atoms with Gasteiger partial charge in [0.1, 0.15) is 5.75 Å². The first-order valence-corrected chi connectivity index (χ1v) is 10.3. The van der Waals surface area contributed by atoms with E-state index >= 15 is 0 Å². The van der Waals surface area contributed by atoms with Gasteiger partial charge >= 0.3 is 6.01 Å². The van der Waals surface area contributed by atoms with Crippen molar-refractivity contribution >= 4 is 23.5 Å². The lowest BCUT2D eigenvalue weighted by Gasteiger charge is -2.29. The Bertz CT molecular complexity index is 998. The standard InChI is InChI=1S/C22H23ClN4O3/c1-29-18-8-6-16(7-9-18)21-25-26-22(30-21)27-12-10-15(11-13-27)20(28)24-14-17-4-2-3-5-19(17)23/h2-9,15H,10-14H2,1H3,(H,24,28). The molecule has 3 aromatic rings. The molecule has 1 aromatic heterocycles. The Morgan fingerprint density at radius 1 is 1.17 bits per heavy atom. The molecular weight excluding hydrogens is 404 g/mol. The van der Waals surface area contributed by atoms with Crippen LogP contribution in [0.25, 0.3) is 11.5 Å². The van der Waals surface area contributed by atoms with E-state index in [1.54, 1.807) is 7.11 Å². The van der Waals surface area contributed by atoms with Gasteiger partial charge in [0, 0.05) is 36.1 Å². The average molecular weight is 427 g/mol. The van der Waals surface area contributed by atoms with Crippen molar-refractivity contribution in [3.8, 4) is 17.2 Å². The van der Waals surface area contributed by atoms with Gasteiger partial charge in [0.2, 0.25) is 11.8 Å². The van der Waals surface area contributed by atoms with Crippen LogP contribution in [0, 0.1) is 5.92 Å². The molecule has 1 N–H and O–H groups in total. The fraction of sp³-hybridized carbons (Fsp3) is 0.318. The lowest BCUT2D eigenvalue weighted by atomic mass is 9.96. The van der Waals surface area contributed by atoms with E-state index in [0.717, 1.165) is 29.7 Å². The number of hydrogen-bond acceptors (Lipinski definition) is 6. The first-order valence-electron chi connectivity index (χ1n) is 9.88. The monoisotopic (exact) mass is 426 g/mol. The molecule has 0 radical (unpaired) electrons. The largest absolute Gasteiger partial charge is 0.497 e. The van der Waals surface area contributed by atoms with Crippen molar-refractivity contribution in [2.75, 3.05) is 25.1 Å². The van der Waals surface area contributed by atoms with Crippen LogP contribution in [0.5, 0.6) is 5.75 Å². The van der Waals surface area contributed by atoms with Gasteiger partial charge in [-0.2, -0.15) is 0 Å². The van der Waals surface area contributed by atoms with Gasteiger partial charge in [-0.25, -0.2) is 0 Å². The number of amides is 1. The van der Waals surface area contributed by atoms with Gasteiger partial charge in [0.05, 0.1) is 7.11 Å². The van der Waals surface area contributed by atoms with Crippen LogP contribution in [0.3, 0.4) is 0 Å². The maximum atomic E-state index is 12.5. The molecule has 30 heavy (non-hydrogen) atoms. The summed E-state index contributed by atoms with van der Waals surface area (Å²) in [5.74, 6) is 1.26. The molecule has 1 aliphatic heterocycles. The molecule has 1 fully saturated rings. The van der Waals surface area contributed by atoms with E-state index in [1.165, 1.54) is 0 Å². The number of ether oxygens (including phenoxy) is 1. The Hall–Kier alpha value is -3.06. The molecule has 0 atom stereocenters. The van der Waals surface area contributed by atoms with E-state index in [9.17, 15) is 4.79 Å². The first kappa shape index (κ1) is 20.2. The third-order valence-corrected chi connectivity index (χ3v) is 5.67. The molecule has 0 unspecified atom stereocenters. The van der Waals surface area contributed by atoms with E-state index < -0.39 is 0 Å². The highest BCUT2D eigenvalue weighted by molar-refractivity contribution is 6.31. The molecule has 0 spiro atoms. The minimum Gasteiger partial charge on any atom is -0.497 e. The number of carbonyl (C=O) groups is 1. The second-order valence-electron chi connectivity index (χ2n) is 7.19. The highest BCUT2D eigenvalue weighted by atomic mass is 35.5. The van der Waals surface area contributed by atoms with Crippen molar-refractivity contribution in [3.05, 3.63) is 59.1 Å². The summed E-state index contributed by atoms with van der Waals surface area (Å²) in [5, 5.41) is 12.0. The minimum atomic E-state index is -0.0345. The average Bonchev–Trinajstić information content (AvgIpc) is 3.29. The zero-order valence-corrected chi connectivity index (χ0v) is 17.4. The number of benzene rings is 2. The summed E-state index contributed by atoms with van der Waals surface area (Å²) in [6.07, 6.45) is 1.46. The lowest BCUT2D eigenvalue weighted by molar-refractivity contribution is -0.125. The lowest BCUT2D eigenvalue weighted by Crippen LogP contribution is -2.40. The molecule has 4 rings (SSSR count). The Morgan fingerprint density at radius 2 is 1.90 bits per heavy atom. The van der Waals surface area contributed by atoms with E-state index in [-0.39, 0.29) is 11.8 Å². The number of nitrogens with one attached hydrogen (secondary N) is 1. The number of nitrogens with zero attached hydrogens (tertiary/aromatic N) is 3. The van der Waals surface area contributed by atoms with Crippen LogP contribution in [0.1, 0.15) is 18.4 Å². The van der Waals surface area contributed by atoms with Crippen LogP contribution in [0.2, 0.25) is 5.02 Å². The predicted molar refractivity (Wildman–Crippen MR) is 115 cm³/mol. The molecule has 1 amide bonds. The van der Waals surface area contributed by atoms with Gasteiger partial charge in [-0.05, 0) is 48.7 Å².